The molecule has 3 rings (SSSR count). The van der Waals surface area contributed by atoms with Crippen molar-refractivity contribution in [3.8, 4) is 0 Å². The van der Waals surface area contributed by atoms with Gasteiger partial charge in [0.05, 0.1) is 6.20 Å². The first-order valence-electron chi connectivity index (χ1n) is 7.75. The zero-order chi connectivity index (χ0) is 16.9. The number of benzene rings is 1. The molecule has 0 spiro atoms. The Balaban J connectivity index is 1.53. The molecule has 2 aromatic rings. The largest absolute Gasteiger partial charge is 0.349 e. The Hall–Kier alpha value is -2.47. The third-order valence-corrected chi connectivity index (χ3v) is 4.26. The molecule has 24 heavy (non-hydrogen) atoms. The first-order chi connectivity index (χ1) is 11.6. The van der Waals surface area contributed by atoms with Crippen molar-refractivity contribution in [1.82, 2.24) is 20.2 Å². The summed E-state index contributed by atoms with van der Waals surface area (Å²) < 4.78 is 0. The lowest BCUT2D eigenvalue weighted by atomic mass is 10.0. The molecule has 124 valence electrons. The van der Waals surface area contributed by atoms with E-state index in [1.54, 1.807) is 29.2 Å². The predicted octanol–water partition coefficient (Wildman–Crippen LogP) is 2.16. The summed E-state index contributed by atoms with van der Waals surface area (Å²) in [6.07, 6.45) is 5.94. The maximum atomic E-state index is 12.3. The summed E-state index contributed by atoms with van der Waals surface area (Å²) in [5, 5.41) is 3.61. The van der Waals surface area contributed by atoms with Gasteiger partial charge < -0.3 is 10.2 Å². The molecule has 1 N–H and O–H groups in total. The van der Waals surface area contributed by atoms with Gasteiger partial charge >= 0.3 is 0 Å². The van der Waals surface area contributed by atoms with Gasteiger partial charge in [-0.05, 0) is 37.1 Å². The van der Waals surface area contributed by atoms with Crippen LogP contribution in [0.15, 0.2) is 42.9 Å². The molecule has 0 saturated carbocycles. The number of piperidine rings is 1. The number of halogens is 1. The number of rotatable bonds is 3. The number of aromatic nitrogens is 2. The van der Waals surface area contributed by atoms with Gasteiger partial charge in [-0.15, -0.1) is 0 Å². The predicted molar refractivity (Wildman–Crippen MR) is 89.9 cm³/mol. The molecule has 0 bridgehead atoms. The lowest BCUT2D eigenvalue weighted by Gasteiger charge is -2.32. The Labute approximate surface area is 144 Å². The van der Waals surface area contributed by atoms with Crippen LogP contribution in [0, 0.1) is 0 Å². The van der Waals surface area contributed by atoms with Crippen LogP contribution >= 0.6 is 11.6 Å². The highest BCUT2D eigenvalue weighted by molar-refractivity contribution is 6.30. The monoisotopic (exact) mass is 344 g/mol. The Kier molecular flexibility index (Phi) is 5.05. The zero-order valence-electron chi connectivity index (χ0n) is 13.0. The summed E-state index contributed by atoms with van der Waals surface area (Å²) in [5.74, 6) is -0.240. The van der Waals surface area contributed by atoms with Gasteiger partial charge in [0.2, 0.25) is 0 Å². The highest BCUT2D eigenvalue weighted by atomic mass is 35.5. The molecule has 1 aromatic heterocycles. The second kappa shape index (κ2) is 7.40. The lowest BCUT2D eigenvalue weighted by molar-refractivity contribution is 0.0692. The van der Waals surface area contributed by atoms with Crippen LogP contribution in [0.1, 0.15) is 33.7 Å². The third kappa shape index (κ3) is 3.89. The lowest BCUT2D eigenvalue weighted by Crippen LogP contribution is -2.46. The van der Waals surface area contributed by atoms with Crippen molar-refractivity contribution in [3.05, 3.63) is 59.1 Å². The van der Waals surface area contributed by atoms with E-state index in [0.717, 1.165) is 0 Å². The van der Waals surface area contributed by atoms with E-state index < -0.39 is 0 Å². The van der Waals surface area contributed by atoms with E-state index in [1.165, 1.54) is 18.6 Å². The summed E-state index contributed by atoms with van der Waals surface area (Å²) in [7, 11) is 0. The molecule has 1 aromatic carbocycles. The molecule has 1 aliphatic rings. The fraction of sp³-hybridized carbons (Fsp3) is 0.294. The first kappa shape index (κ1) is 16.4. The molecule has 1 fully saturated rings. The highest BCUT2D eigenvalue weighted by Crippen LogP contribution is 2.14. The van der Waals surface area contributed by atoms with Crippen LogP contribution in [0.5, 0.6) is 0 Å². The minimum Gasteiger partial charge on any atom is -0.349 e. The fourth-order valence-corrected chi connectivity index (χ4v) is 2.79. The van der Waals surface area contributed by atoms with E-state index >= 15 is 0 Å². The topological polar surface area (TPSA) is 75.2 Å². The minimum absolute atomic E-state index is 0.0547. The maximum absolute atomic E-state index is 12.3. The SMILES string of the molecule is O=C(NC1CCN(C(=O)c2cnccn2)CC1)c1ccc(Cl)cc1. The van der Waals surface area contributed by atoms with E-state index in [4.69, 9.17) is 11.6 Å². The molecule has 0 unspecified atom stereocenters. The van der Waals surface area contributed by atoms with E-state index in [2.05, 4.69) is 15.3 Å². The second-order valence-electron chi connectivity index (χ2n) is 5.64. The molecule has 2 amide bonds. The summed E-state index contributed by atoms with van der Waals surface area (Å²) in [6, 6.07) is 6.84. The molecule has 1 saturated heterocycles. The van der Waals surface area contributed by atoms with Gasteiger partial charge in [-0.1, -0.05) is 11.6 Å². The van der Waals surface area contributed by atoms with Crippen molar-refractivity contribution < 1.29 is 9.59 Å². The van der Waals surface area contributed by atoms with Crippen molar-refractivity contribution in [2.75, 3.05) is 13.1 Å². The van der Waals surface area contributed by atoms with Crippen LogP contribution < -0.4 is 5.32 Å². The van der Waals surface area contributed by atoms with Gasteiger partial charge in [0.1, 0.15) is 5.69 Å². The Morgan fingerprint density at radius 1 is 1.12 bits per heavy atom. The van der Waals surface area contributed by atoms with Gasteiger partial charge in [-0.3, -0.25) is 14.6 Å². The molecular weight excluding hydrogens is 328 g/mol. The van der Waals surface area contributed by atoms with Gasteiger partial charge in [0.15, 0.2) is 0 Å². The zero-order valence-corrected chi connectivity index (χ0v) is 13.7. The first-order valence-corrected chi connectivity index (χ1v) is 8.13. The Bertz CT molecular complexity index is 713. The number of nitrogens with zero attached hydrogens (tertiary/aromatic N) is 3. The number of carbonyl (C=O) groups excluding carboxylic acids is 2. The number of carbonyl (C=O) groups is 2. The van der Waals surface area contributed by atoms with E-state index in [9.17, 15) is 9.59 Å². The molecule has 6 nitrogen and oxygen atoms in total. The van der Waals surface area contributed by atoms with Gasteiger partial charge in [0.25, 0.3) is 11.8 Å². The number of likely N-dealkylation sites (tertiary alicyclic amines) is 1. The smallest absolute Gasteiger partial charge is 0.274 e. The van der Waals surface area contributed by atoms with Crippen molar-refractivity contribution in [2.24, 2.45) is 0 Å². The van der Waals surface area contributed by atoms with Gasteiger partial charge in [-0.2, -0.15) is 0 Å². The standard InChI is InChI=1S/C17H17ClN4O2/c18-13-3-1-12(2-4-13)16(23)21-14-5-9-22(10-6-14)17(24)15-11-19-7-8-20-15/h1-4,7-8,11,14H,5-6,9-10H2,(H,21,23). The van der Waals surface area contributed by atoms with E-state index in [1.807, 2.05) is 0 Å². The van der Waals surface area contributed by atoms with Crippen molar-refractivity contribution in [1.29, 1.82) is 0 Å². The van der Waals surface area contributed by atoms with Gasteiger partial charge in [0, 0.05) is 42.1 Å². The summed E-state index contributed by atoms with van der Waals surface area (Å²) in [5.41, 5.74) is 0.929. The third-order valence-electron chi connectivity index (χ3n) is 4.01. The molecule has 0 radical (unpaired) electrons. The summed E-state index contributed by atoms with van der Waals surface area (Å²) in [4.78, 5) is 34.2. The Morgan fingerprint density at radius 3 is 2.46 bits per heavy atom. The molecular formula is C17H17ClN4O2. The Morgan fingerprint density at radius 2 is 1.83 bits per heavy atom. The molecule has 2 heterocycles. The van der Waals surface area contributed by atoms with Crippen molar-refractivity contribution in [2.45, 2.75) is 18.9 Å². The summed E-state index contributed by atoms with van der Waals surface area (Å²) >= 11 is 5.83. The number of hydrogen-bond acceptors (Lipinski definition) is 4. The van der Waals surface area contributed by atoms with Crippen LogP contribution in [0.4, 0.5) is 0 Å². The van der Waals surface area contributed by atoms with Crippen LogP contribution in [-0.4, -0.2) is 45.8 Å². The highest BCUT2D eigenvalue weighted by Gasteiger charge is 2.25. The fourth-order valence-electron chi connectivity index (χ4n) is 2.67. The van der Waals surface area contributed by atoms with Crippen LogP contribution in [-0.2, 0) is 0 Å². The normalized spacial score (nSPS) is 15.1. The minimum atomic E-state index is -0.120. The van der Waals surface area contributed by atoms with Crippen LogP contribution in [0.3, 0.4) is 0 Å². The number of amides is 2. The average molecular weight is 345 g/mol. The quantitative estimate of drug-likeness (QED) is 0.925. The molecule has 1 aliphatic heterocycles. The van der Waals surface area contributed by atoms with E-state index in [0.29, 0.717) is 42.2 Å². The van der Waals surface area contributed by atoms with Crippen molar-refractivity contribution in [3.63, 3.8) is 0 Å². The molecule has 0 atom stereocenters. The van der Waals surface area contributed by atoms with Crippen LogP contribution in [0.25, 0.3) is 0 Å². The maximum Gasteiger partial charge on any atom is 0.274 e. The average Bonchev–Trinajstić information content (AvgIpc) is 2.63. The van der Waals surface area contributed by atoms with E-state index in [-0.39, 0.29) is 17.9 Å². The van der Waals surface area contributed by atoms with Crippen LogP contribution in [0.2, 0.25) is 5.02 Å². The summed E-state index contributed by atoms with van der Waals surface area (Å²) in [6.45, 7) is 1.17. The number of nitrogens with one attached hydrogen (secondary N) is 1. The van der Waals surface area contributed by atoms with Gasteiger partial charge in [-0.25, -0.2) is 4.98 Å². The molecule has 7 heteroatoms. The van der Waals surface area contributed by atoms with Crippen molar-refractivity contribution >= 4 is 23.4 Å². The molecule has 0 aliphatic carbocycles. The second-order valence-corrected chi connectivity index (χ2v) is 6.07. The number of hydrogen-bond donors (Lipinski definition) is 1.